The van der Waals surface area contributed by atoms with E-state index in [0.717, 1.165) is 0 Å². The van der Waals surface area contributed by atoms with Crippen molar-refractivity contribution in [1.82, 2.24) is 0 Å². The number of hydrogen-bond donors (Lipinski definition) is 1. The molecule has 2 aromatic carbocycles. The fraction of sp³-hybridized carbons (Fsp3) is 0.333. The second-order valence-electron chi connectivity index (χ2n) is 6.99. The topological polar surface area (TPSA) is 77.1 Å². The molecule has 30 heavy (non-hydrogen) atoms. The first-order valence-corrected chi connectivity index (χ1v) is 9.54. The highest BCUT2D eigenvalue weighted by molar-refractivity contribution is 5.95. The number of nitrogens with one attached hydrogen (secondary N) is 1. The molecular weight excluding hydrogens is 398 g/mol. The van der Waals surface area contributed by atoms with Gasteiger partial charge in [0.25, 0.3) is 5.91 Å². The Morgan fingerprint density at radius 2 is 2.07 bits per heavy atom. The normalized spacial score (nSPS) is 17.2. The average molecular weight is 418 g/mol. The second kappa shape index (κ2) is 8.17. The third-order valence-corrected chi connectivity index (χ3v) is 4.93. The highest BCUT2D eigenvalue weighted by Gasteiger charge is 2.31. The summed E-state index contributed by atoms with van der Waals surface area (Å²) < 4.78 is 44.4. The third kappa shape index (κ3) is 4.00. The van der Waals surface area contributed by atoms with Gasteiger partial charge >= 0.3 is 5.97 Å². The first-order chi connectivity index (χ1) is 14.4. The summed E-state index contributed by atoms with van der Waals surface area (Å²) in [5, 5.41) is 2.65. The minimum Gasteiger partial charge on any atom is -0.489 e. The van der Waals surface area contributed by atoms with E-state index in [1.807, 2.05) is 0 Å². The Labute approximate surface area is 171 Å². The standard InChI is InChI=1S/C21H20F2N2O5/c1-2-28-21(27)7-14-10-29-19-6-13(22)3-4-17(19)25(14)9-12-5-16-18(8-15(12)23)30-11-20(26)24-16/h3-6,8,14H,2,7,9-11H2,1H3,(H,24,26)/t14-/m0/s1. The Bertz CT molecular complexity index is 998. The Balaban J connectivity index is 1.67. The molecule has 0 saturated carbocycles. The number of amides is 1. The lowest BCUT2D eigenvalue weighted by Gasteiger charge is -2.38. The Morgan fingerprint density at radius 1 is 1.23 bits per heavy atom. The van der Waals surface area contributed by atoms with Crippen molar-refractivity contribution >= 4 is 23.3 Å². The van der Waals surface area contributed by atoms with Crippen LogP contribution in [0.15, 0.2) is 30.3 Å². The van der Waals surface area contributed by atoms with Crippen LogP contribution in [-0.2, 0) is 20.9 Å². The van der Waals surface area contributed by atoms with Crippen molar-refractivity contribution in [3.05, 3.63) is 47.5 Å². The molecular formula is C21H20F2N2O5. The van der Waals surface area contributed by atoms with Crippen LogP contribution >= 0.6 is 0 Å². The summed E-state index contributed by atoms with van der Waals surface area (Å²) in [5.74, 6) is -1.15. The van der Waals surface area contributed by atoms with Crippen molar-refractivity contribution in [2.45, 2.75) is 25.9 Å². The maximum Gasteiger partial charge on any atom is 0.307 e. The number of carbonyl (C=O) groups excluding carboxylic acids is 2. The predicted octanol–water partition coefficient (Wildman–Crippen LogP) is 3.02. The van der Waals surface area contributed by atoms with E-state index in [2.05, 4.69) is 5.32 Å². The van der Waals surface area contributed by atoms with Gasteiger partial charge in [-0.15, -0.1) is 0 Å². The van der Waals surface area contributed by atoms with E-state index in [1.54, 1.807) is 11.8 Å². The SMILES string of the molecule is CCOC(=O)C[C@H]1COc2cc(F)ccc2N1Cc1cc2c(cc1F)OCC(=O)N2. The van der Waals surface area contributed by atoms with Gasteiger partial charge in [-0.05, 0) is 25.1 Å². The number of esters is 1. The number of rotatable bonds is 5. The number of halogens is 2. The molecule has 1 amide bonds. The highest BCUT2D eigenvalue weighted by atomic mass is 19.1. The van der Waals surface area contributed by atoms with Crippen LogP contribution in [0.25, 0.3) is 0 Å². The summed E-state index contributed by atoms with van der Waals surface area (Å²) in [6.07, 6.45) is 0.0249. The first-order valence-electron chi connectivity index (χ1n) is 9.54. The van der Waals surface area contributed by atoms with Gasteiger partial charge in [-0.2, -0.15) is 0 Å². The van der Waals surface area contributed by atoms with Crippen molar-refractivity contribution in [3.63, 3.8) is 0 Å². The zero-order valence-electron chi connectivity index (χ0n) is 16.2. The predicted molar refractivity (Wildman–Crippen MR) is 104 cm³/mol. The molecule has 2 aromatic rings. The molecule has 1 N–H and O–H groups in total. The maximum atomic E-state index is 14.8. The molecule has 0 unspecified atom stereocenters. The molecule has 2 aliphatic heterocycles. The molecule has 0 aliphatic carbocycles. The fourth-order valence-corrected chi connectivity index (χ4v) is 3.56. The van der Waals surface area contributed by atoms with Gasteiger partial charge in [0.1, 0.15) is 29.7 Å². The molecule has 0 fully saturated rings. The van der Waals surface area contributed by atoms with Crippen molar-refractivity contribution in [1.29, 1.82) is 0 Å². The van der Waals surface area contributed by atoms with Crippen LogP contribution < -0.4 is 19.7 Å². The lowest BCUT2D eigenvalue weighted by molar-refractivity contribution is -0.143. The van der Waals surface area contributed by atoms with Crippen LogP contribution in [0.4, 0.5) is 20.2 Å². The van der Waals surface area contributed by atoms with Crippen molar-refractivity contribution in [2.75, 3.05) is 30.0 Å². The lowest BCUT2D eigenvalue weighted by atomic mass is 10.1. The monoisotopic (exact) mass is 418 g/mol. The zero-order chi connectivity index (χ0) is 21.3. The lowest BCUT2D eigenvalue weighted by Crippen LogP contribution is -2.44. The maximum absolute atomic E-state index is 14.8. The molecule has 0 aromatic heterocycles. The van der Waals surface area contributed by atoms with Gasteiger partial charge in [-0.25, -0.2) is 8.78 Å². The quantitative estimate of drug-likeness (QED) is 0.753. The number of ether oxygens (including phenoxy) is 3. The Kier molecular flexibility index (Phi) is 5.43. The van der Waals surface area contributed by atoms with Gasteiger partial charge in [0, 0.05) is 24.2 Å². The summed E-state index contributed by atoms with van der Waals surface area (Å²) in [4.78, 5) is 25.4. The molecule has 2 aliphatic rings. The van der Waals surface area contributed by atoms with Crippen LogP contribution in [0, 0.1) is 11.6 Å². The van der Waals surface area contributed by atoms with E-state index in [4.69, 9.17) is 14.2 Å². The van der Waals surface area contributed by atoms with Crippen molar-refractivity contribution in [3.8, 4) is 11.5 Å². The minimum absolute atomic E-state index is 0.0249. The molecule has 7 nitrogen and oxygen atoms in total. The molecule has 2 heterocycles. The number of hydrogen-bond acceptors (Lipinski definition) is 6. The van der Waals surface area contributed by atoms with Gasteiger partial charge in [0.2, 0.25) is 0 Å². The third-order valence-electron chi connectivity index (χ3n) is 4.93. The molecule has 0 radical (unpaired) electrons. The van der Waals surface area contributed by atoms with Crippen molar-refractivity contribution < 1.29 is 32.6 Å². The van der Waals surface area contributed by atoms with Crippen LogP contribution in [0.1, 0.15) is 18.9 Å². The summed E-state index contributed by atoms with van der Waals surface area (Å²) in [6.45, 7) is 1.97. The smallest absolute Gasteiger partial charge is 0.307 e. The second-order valence-corrected chi connectivity index (χ2v) is 6.99. The Morgan fingerprint density at radius 3 is 2.87 bits per heavy atom. The van der Waals surface area contributed by atoms with E-state index in [9.17, 15) is 18.4 Å². The van der Waals surface area contributed by atoms with E-state index in [0.29, 0.717) is 17.1 Å². The van der Waals surface area contributed by atoms with Crippen LogP contribution in [0.2, 0.25) is 0 Å². The van der Waals surface area contributed by atoms with Crippen LogP contribution in [-0.4, -0.2) is 37.7 Å². The van der Waals surface area contributed by atoms with E-state index in [-0.39, 0.29) is 50.0 Å². The van der Waals surface area contributed by atoms with Crippen molar-refractivity contribution in [2.24, 2.45) is 0 Å². The zero-order valence-corrected chi connectivity index (χ0v) is 16.2. The molecule has 0 spiro atoms. The summed E-state index contributed by atoms with van der Waals surface area (Å²) in [6, 6.07) is 6.34. The number of anilines is 2. The minimum atomic E-state index is -0.519. The fourth-order valence-electron chi connectivity index (χ4n) is 3.56. The van der Waals surface area contributed by atoms with Gasteiger partial charge < -0.3 is 24.4 Å². The van der Waals surface area contributed by atoms with Gasteiger partial charge in [-0.1, -0.05) is 0 Å². The average Bonchev–Trinajstić information content (AvgIpc) is 2.70. The molecule has 1 atom stereocenters. The number of fused-ring (bicyclic) bond motifs is 2. The number of nitrogens with zero attached hydrogens (tertiary/aromatic N) is 1. The van der Waals surface area contributed by atoms with Crippen LogP contribution in [0.3, 0.4) is 0 Å². The largest absolute Gasteiger partial charge is 0.489 e. The van der Waals surface area contributed by atoms with Gasteiger partial charge in [0.15, 0.2) is 6.61 Å². The number of benzene rings is 2. The van der Waals surface area contributed by atoms with Crippen LogP contribution in [0.5, 0.6) is 11.5 Å². The first kappa shape index (κ1) is 19.9. The molecule has 158 valence electrons. The molecule has 9 heteroatoms. The molecule has 4 rings (SSSR count). The summed E-state index contributed by atoms with van der Waals surface area (Å²) in [7, 11) is 0. The van der Waals surface area contributed by atoms with Gasteiger partial charge in [-0.3, -0.25) is 9.59 Å². The highest BCUT2D eigenvalue weighted by Crippen LogP contribution is 2.38. The summed E-state index contributed by atoms with van der Waals surface area (Å²) >= 11 is 0. The Hall–Kier alpha value is -3.36. The van der Waals surface area contributed by atoms with E-state index < -0.39 is 23.6 Å². The number of carbonyl (C=O) groups is 2. The van der Waals surface area contributed by atoms with E-state index >= 15 is 0 Å². The molecule has 0 bridgehead atoms. The van der Waals surface area contributed by atoms with Gasteiger partial charge in [0.05, 0.1) is 30.4 Å². The summed E-state index contributed by atoms with van der Waals surface area (Å²) in [5.41, 5.74) is 1.19. The molecule has 0 saturated heterocycles. The van der Waals surface area contributed by atoms with E-state index in [1.165, 1.54) is 30.3 Å².